The maximum Gasteiger partial charge on any atom is 0.266 e. The second-order valence-electron chi connectivity index (χ2n) is 10.5. The van der Waals surface area contributed by atoms with Crippen molar-refractivity contribution in [3.8, 4) is 16.9 Å². The van der Waals surface area contributed by atoms with Crippen LogP contribution in [0.2, 0.25) is 5.02 Å². The fourth-order valence-electron chi connectivity index (χ4n) is 5.51. The minimum absolute atomic E-state index is 0.0102. The van der Waals surface area contributed by atoms with Crippen molar-refractivity contribution in [2.45, 2.75) is 51.2 Å². The highest BCUT2D eigenvalue weighted by Crippen LogP contribution is 2.38. The van der Waals surface area contributed by atoms with E-state index < -0.39 is 0 Å². The third-order valence-electron chi connectivity index (χ3n) is 7.78. The van der Waals surface area contributed by atoms with Crippen LogP contribution in [0.25, 0.3) is 21.2 Å². The number of thiophene rings is 1. The number of amides is 1. The Morgan fingerprint density at radius 3 is 2.48 bits per heavy atom. The molecule has 8 heteroatoms. The van der Waals surface area contributed by atoms with Crippen molar-refractivity contribution in [1.29, 1.82) is 0 Å². The molecule has 0 spiro atoms. The highest BCUT2D eigenvalue weighted by Gasteiger charge is 2.32. The first kappa shape index (κ1) is 28.4. The van der Waals surface area contributed by atoms with Crippen LogP contribution in [-0.4, -0.2) is 55.6 Å². The van der Waals surface area contributed by atoms with Gasteiger partial charge in [0.1, 0.15) is 16.4 Å². The number of pyridine rings is 1. The summed E-state index contributed by atoms with van der Waals surface area (Å²) in [7, 11) is 5.98. The number of benzene rings is 2. The maximum absolute atomic E-state index is 14.3. The molecule has 5 rings (SSSR count). The van der Waals surface area contributed by atoms with Crippen molar-refractivity contribution < 1.29 is 9.53 Å². The summed E-state index contributed by atoms with van der Waals surface area (Å²) in [6.45, 7) is 2.99. The highest BCUT2D eigenvalue weighted by atomic mass is 35.5. The van der Waals surface area contributed by atoms with Crippen LogP contribution in [0.4, 0.5) is 5.82 Å². The lowest BCUT2D eigenvalue weighted by Crippen LogP contribution is -2.44. The number of carbonyl (C=O) groups is 1. The van der Waals surface area contributed by atoms with Crippen LogP contribution in [0.5, 0.6) is 5.75 Å². The van der Waals surface area contributed by atoms with Gasteiger partial charge in [0.05, 0.1) is 11.6 Å². The van der Waals surface area contributed by atoms with Crippen molar-refractivity contribution in [1.82, 2.24) is 15.2 Å². The number of nitrogens with zero attached hydrogens (tertiary/aromatic N) is 3. The van der Waals surface area contributed by atoms with Crippen LogP contribution in [0, 0.1) is 0 Å². The monoisotopic (exact) mass is 576 g/mol. The Bertz CT molecular complexity index is 1460. The number of halogens is 1. The minimum Gasteiger partial charge on any atom is -0.494 e. The van der Waals surface area contributed by atoms with Crippen molar-refractivity contribution in [2.24, 2.45) is 0 Å². The van der Waals surface area contributed by atoms with Crippen molar-refractivity contribution in [2.75, 3.05) is 32.6 Å². The van der Waals surface area contributed by atoms with Crippen molar-refractivity contribution >= 4 is 44.7 Å². The molecule has 0 atom stereocenters. The minimum atomic E-state index is -0.0102. The molecule has 4 aromatic rings. The normalized spacial score (nSPS) is 17.1. The summed E-state index contributed by atoms with van der Waals surface area (Å²) in [5.74, 6) is 1.70. The SMILES string of the molecule is CCOc1ccc(-c2ccc(N(C)C)nc2)cc1CN(C(=O)c1sc2ccccc2c1Cl)C1CCC(NC)CC1. The van der Waals surface area contributed by atoms with E-state index >= 15 is 0 Å². The van der Waals surface area contributed by atoms with Gasteiger partial charge in [-0.3, -0.25) is 4.79 Å². The fraction of sp³-hybridized carbons (Fsp3) is 0.375. The number of hydrogen-bond acceptors (Lipinski definition) is 6. The molecule has 0 saturated heterocycles. The van der Waals surface area contributed by atoms with Crippen LogP contribution in [0.3, 0.4) is 0 Å². The molecule has 6 nitrogen and oxygen atoms in total. The molecule has 2 heterocycles. The summed E-state index contributed by atoms with van der Waals surface area (Å²) in [5, 5.41) is 4.89. The quantitative estimate of drug-likeness (QED) is 0.227. The Morgan fingerprint density at radius 1 is 1.07 bits per heavy atom. The Hall–Kier alpha value is -3.13. The van der Waals surface area contributed by atoms with E-state index in [4.69, 9.17) is 16.3 Å². The average molecular weight is 577 g/mol. The van der Waals surface area contributed by atoms with E-state index in [1.165, 1.54) is 11.3 Å². The molecule has 210 valence electrons. The lowest BCUT2D eigenvalue weighted by molar-refractivity contribution is 0.0604. The standard InChI is InChI=1S/C32H37ClN4O2S/c1-5-39-27-16-10-21(22-11-17-29(35-19-22)36(3)4)18-23(27)20-37(25-14-12-24(34-2)13-15-25)32(38)31-30(33)26-8-6-7-9-28(26)40-31/h6-11,16-19,24-25,34H,5,12-15,20H2,1-4H3. The second kappa shape index (κ2) is 12.6. The Kier molecular flexibility index (Phi) is 8.94. The zero-order valence-corrected chi connectivity index (χ0v) is 25.2. The van der Waals surface area contributed by atoms with E-state index in [-0.39, 0.29) is 11.9 Å². The zero-order chi connectivity index (χ0) is 28.2. The van der Waals surface area contributed by atoms with Gasteiger partial charge in [-0.25, -0.2) is 4.98 Å². The molecule has 0 radical (unpaired) electrons. The summed E-state index contributed by atoms with van der Waals surface area (Å²) in [4.78, 5) is 23.5. The van der Waals surface area contributed by atoms with Crippen molar-refractivity contribution in [3.63, 3.8) is 0 Å². The lowest BCUT2D eigenvalue weighted by Gasteiger charge is -2.37. The molecule has 1 saturated carbocycles. The Balaban J connectivity index is 1.52. The van der Waals surface area contributed by atoms with Gasteiger partial charge >= 0.3 is 0 Å². The number of fused-ring (bicyclic) bond motifs is 1. The molecule has 1 fully saturated rings. The molecule has 2 aromatic heterocycles. The van der Waals surface area contributed by atoms with Crippen molar-refractivity contribution in [3.05, 3.63) is 76.3 Å². The number of anilines is 1. The molecular formula is C32H37ClN4O2S. The second-order valence-corrected chi connectivity index (χ2v) is 12.0. The van der Waals surface area contributed by atoms with Gasteiger partial charge in [0.2, 0.25) is 0 Å². The van der Waals surface area contributed by atoms with Gasteiger partial charge in [-0.2, -0.15) is 0 Å². The highest BCUT2D eigenvalue weighted by molar-refractivity contribution is 7.21. The fourth-order valence-corrected chi connectivity index (χ4v) is 6.98. The van der Waals surface area contributed by atoms with E-state index in [9.17, 15) is 4.79 Å². The first-order chi connectivity index (χ1) is 19.4. The average Bonchev–Trinajstić information content (AvgIpc) is 3.33. The molecule has 1 aliphatic carbocycles. The molecule has 0 bridgehead atoms. The third kappa shape index (κ3) is 5.97. The first-order valence-corrected chi connectivity index (χ1v) is 15.1. The van der Waals surface area contributed by atoms with Crippen LogP contribution < -0.4 is 15.0 Å². The number of rotatable bonds is 9. The first-order valence-electron chi connectivity index (χ1n) is 13.9. The van der Waals surface area contributed by atoms with E-state index in [0.29, 0.717) is 29.1 Å². The van der Waals surface area contributed by atoms with Crippen LogP contribution in [-0.2, 0) is 6.54 Å². The van der Waals surface area contributed by atoms with E-state index in [0.717, 1.165) is 64.0 Å². The molecule has 40 heavy (non-hydrogen) atoms. The van der Waals surface area contributed by atoms with E-state index in [2.05, 4.69) is 28.5 Å². The molecule has 0 unspecified atom stereocenters. The Labute approximate surface area is 245 Å². The third-order valence-corrected chi connectivity index (χ3v) is 9.44. The van der Waals surface area contributed by atoms with Gasteiger partial charge in [0.25, 0.3) is 5.91 Å². The topological polar surface area (TPSA) is 57.7 Å². The number of hydrogen-bond donors (Lipinski definition) is 1. The van der Waals surface area contributed by atoms with Crippen LogP contribution in [0.15, 0.2) is 60.8 Å². The van der Waals surface area contributed by atoms with Gasteiger partial charge in [-0.15, -0.1) is 11.3 Å². The predicted octanol–water partition coefficient (Wildman–Crippen LogP) is 7.25. The summed E-state index contributed by atoms with van der Waals surface area (Å²) in [5.41, 5.74) is 3.05. The molecule has 2 aromatic carbocycles. The van der Waals surface area contributed by atoms with E-state index in [1.54, 1.807) is 0 Å². The van der Waals surface area contributed by atoms with E-state index in [1.807, 2.05) is 80.5 Å². The van der Waals surface area contributed by atoms with Gasteiger partial charge in [-0.05, 0) is 75.5 Å². The molecular weight excluding hydrogens is 540 g/mol. The van der Waals surface area contributed by atoms with Gasteiger partial charge < -0.3 is 19.9 Å². The van der Waals surface area contributed by atoms with Gasteiger partial charge in [-0.1, -0.05) is 35.9 Å². The number of aromatic nitrogens is 1. The largest absolute Gasteiger partial charge is 0.494 e. The lowest BCUT2D eigenvalue weighted by atomic mass is 9.89. The summed E-state index contributed by atoms with van der Waals surface area (Å²) in [6.07, 6.45) is 5.85. The Morgan fingerprint density at radius 2 is 1.82 bits per heavy atom. The van der Waals surface area contributed by atoms with Gasteiger partial charge in [0, 0.05) is 60.1 Å². The molecule has 1 amide bonds. The molecule has 0 aliphatic heterocycles. The summed E-state index contributed by atoms with van der Waals surface area (Å²) >= 11 is 8.30. The van der Waals surface area contributed by atoms with Crippen LogP contribution in [0.1, 0.15) is 47.8 Å². The molecule has 1 aliphatic rings. The predicted molar refractivity (Wildman–Crippen MR) is 167 cm³/mol. The number of ether oxygens (including phenoxy) is 1. The van der Waals surface area contributed by atoms with Gasteiger partial charge in [0.15, 0.2) is 0 Å². The number of carbonyl (C=O) groups excluding carboxylic acids is 1. The summed E-state index contributed by atoms with van der Waals surface area (Å²) < 4.78 is 7.09. The summed E-state index contributed by atoms with van der Waals surface area (Å²) in [6, 6.07) is 18.9. The maximum atomic E-state index is 14.3. The van der Waals surface area contributed by atoms with Crippen LogP contribution >= 0.6 is 22.9 Å². The molecule has 1 N–H and O–H groups in total. The zero-order valence-electron chi connectivity index (χ0n) is 23.6. The number of nitrogens with one attached hydrogen (secondary N) is 1. The smallest absolute Gasteiger partial charge is 0.266 e.